The Morgan fingerprint density at radius 3 is 2.07 bits per heavy atom. The quantitative estimate of drug-likeness (QED) is 0.717. The Morgan fingerprint density at radius 1 is 1.04 bits per heavy atom. The average molecular weight is 407 g/mol. The van der Waals surface area contributed by atoms with E-state index in [2.05, 4.69) is 5.32 Å². The summed E-state index contributed by atoms with van der Waals surface area (Å²) in [6, 6.07) is 10.3. The van der Waals surface area contributed by atoms with Crippen LogP contribution >= 0.6 is 0 Å². The van der Waals surface area contributed by atoms with E-state index in [-0.39, 0.29) is 12.1 Å². The molecule has 2 aromatic carbocycles. The number of anilines is 2. The zero-order chi connectivity index (χ0) is 20.9. The number of hydrogen-bond donors (Lipinski definition) is 1. The van der Waals surface area contributed by atoms with Gasteiger partial charge in [0.05, 0.1) is 11.9 Å². The van der Waals surface area contributed by atoms with E-state index in [1.807, 2.05) is 32.0 Å². The molecule has 1 atom stereocenters. The van der Waals surface area contributed by atoms with Gasteiger partial charge in [-0.15, -0.1) is 0 Å². The second-order valence-electron chi connectivity index (χ2n) is 6.58. The molecule has 0 aliphatic heterocycles. The first-order chi connectivity index (χ1) is 13.2. The smallest absolute Gasteiger partial charge is 0.248 e. The molecule has 5 nitrogen and oxygen atoms in total. The summed E-state index contributed by atoms with van der Waals surface area (Å²) in [5, 5.41) is 2.91. The van der Waals surface area contributed by atoms with Crippen molar-refractivity contribution >= 4 is 27.3 Å². The fourth-order valence-electron chi connectivity index (χ4n) is 3.28. The molecule has 28 heavy (non-hydrogen) atoms. The Labute approximate surface area is 166 Å². The minimum atomic E-state index is -3.89. The van der Waals surface area contributed by atoms with Crippen molar-refractivity contribution in [3.8, 4) is 0 Å². The number of amides is 1. The van der Waals surface area contributed by atoms with Crippen molar-refractivity contribution in [2.75, 3.05) is 15.9 Å². The molecule has 2 aromatic rings. The fourth-order valence-corrected chi connectivity index (χ4v) is 4.49. The number of rotatable bonds is 8. The predicted octanol–water partition coefficient (Wildman–Crippen LogP) is 4.13. The van der Waals surface area contributed by atoms with E-state index < -0.39 is 27.8 Å². The number of sulfonamides is 1. The number of carbonyl (C=O) groups excluding carboxylic acids is 1. The second-order valence-corrected chi connectivity index (χ2v) is 8.44. The lowest BCUT2D eigenvalue weighted by Gasteiger charge is -2.30. The Morgan fingerprint density at radius 2 is 1.61 bits per heavy atom. The normalized spacial score (nSPS) is 12.5. The first-order valence-electron chi connectivity index (χ1n) is 9.40. The van der Waals surface area contributed by atoms with Crippen LogP contribution in [-0.4, -0.2) is 26.6 Å². The van der Waals surface area contributed by atoms with Crippen LogP contribution in [0.4, 0.5) is 15.8 Å². The Hall–Kier alpha value is -2.41. The first kappa shape index (κ1) is 21.9. The number of nitrogens with one attached hydrogen (secondary N) is 1. The molecule has 0 aliphatic carbocycles. The SMILES string of the molecule is CCc1cccc(CC)c1NC(=O)[C@@H](CC)N(c1ccccc1F)S(C)(=O)=O. The van der Waals surface area contributed by atoms with Gasteiger partial charge in [-0.05, 0) is 42.5 Å². The molecule has 2 rings (SSSR count). The van der Waals surface area contributed by atoms with Crippen molar-refractivity contribution < 1.29 is 17.6 Å². The third kappa shape index (κ3) is 4.70. The molecule has 0 heterocycles. The van der Waals surface area contributed by atoms with E-state index in [1.165, 1.54) is 18.2 Å². The van der Waals surface area contributed by atoms with Crippen molar-refractivity contribution in [1.82, 2.24) is 0 Å². The van der Waals surface area contributed by atoms with Crippen molar-refractivity contribution in [2.45, 2.75) is 46.1 Å². The maximum atomic E-state index is 14.4. The topological polar surface area (TPSA) is 66.5 Å². The molecule has 1 N–H and O–H groups in total. The Balaban J connectivity index is 2.48. The van der Waals surface area contributed by atoms with Gasteiger partial charge in [-0.3, -0.25) is 9.10 Å². The number of hydrogen-bond acceptors (Lipinski definition) is 3. The largest absolute Gasteiger partial charge is 0.324 e. The lowest BCUT2D eigenvalue weighted by Crippen LogP contribution is -2.47. The van der Waals surface area contributed by atoms with E-state index in [0.717, 1.165) is 34.5 Å². The molecule has 0 fully saturated rings. The molecule has 0 unspecified atom stereocenters. The van der Waals surface area contributed by atoms with Gasteiger partial charge in [0.15, 0.2) is 0 Å². The molecule has 1 amide bonds. The fraction of sp³-hybridized carbons (Fsp3) is 0.381. The van der Waals surface area contributed by atoms with Gasteiger partial charge in [0.1, 0.15) is 11.9 Å². The summed E-state index contributed by atoms with van der Waals surface area (Å²) in [4.78, 5) is 13.1. The lowest BCUT2D eigenvalue weighted by atomic mass is 10.0. The predicted molar refractivity (Wildman–Crippen MR) is 112 cm³/mol. The third-order valence-corrected chi connectivity index (χ3v) is 5.83. The molecule has 0 saturated heterocycles. The van der Waals surface area contributed by atoms with Crippen LogP contribution in [0.25, 0.3) is 0 Å². The number of nitrogens with zero attached hydrogens (tertiary/aromatic N) is 1. The molecule has 0 aromatic heterocycles. The molecular weight excluding hydrogens is 379 g/mol. The minimum Gasteiger partial charge on any atom is -0.324 e. The summed E-state index contributed by atoms with van der Waals surface area (Å²) >= 11 is 0. The first-order valence-corrected chi connectivity index (χ1v) is 11.2. The van der Waals surface area contributed by atoms with Crippen LogP contribution < -0.4 is 9.62 Å². The molecule has 0 spiro atoms. The van der Waals surface area contributed by atoms with Crippen molar-refractivity contribution in [1.29, 1.82) is 0 Å². The van der Waals surface area contributed by atoms with Crippen molar-refractivity contribution in [3.05, 3.63) is 59.4 Å². The third-order valence-electron chi connectivity index (χ3n) is 4.67. The summed E-state index contributed by atoms with van der Waals surface area (Å²) in [6.07, 6.45) is 2.63. The highest BCUT2D eigenvalue weighted by Crippen LogP contribution is 2.28. The molecule has 0 bridgehead atoms. The van der Waals surface area contributed by atoms with E-state index in [0.29, 0.717) is 5.69 Å². The highest BCUT2D eigenvalue weighted by molar-refractivity contribution is 7.92. The zero-order valence-electron chi connectivity index (χ0n) is 16.7. The summed E-state index contributed by atoms with van der Waals surface area (Å²) in [6.45, 7) is 5.68. The van der Waals surface area contributed by atoms with E-state index >= 15 is 0 Å². The number of aryl methyl sites for hydroxylation is 2. The highest BCUT2D eigenvalue weighted by Gasteiger charge is 2.33. The van der Waals surface area contributed by atoms with Gasteiger partial charge in [0.25, 0.3) is 0 Å². The maximum absolute atomic E-state index is 14.4. The van der Waals surface area contributed by atoms with Gasteiger partial charge in [0, 0.05) is 5.69 Å². The average Bonchev–Trinajstić information content (AvgIpc) is 2.65. The van der Waals surface area contributed by atoms with Gasteiger partial charge in [-0.2, -0.15) is 0 Å². The zero-order valence-corrected chi connectivity index (χ0v) is 17.5. The lowest BCUT2D eigenvalue weighted by molar-refractivity contribution is -0.117. The number of benzene rings is 2. The van der Waals surface area contributed by atoms with Gasteiger partial charge in [0.2, 0.25) is 15.9 Å². The second kappa shape index (κ2) is 9.19. The van der Waals surface area contributed by atoms with Crippen LogP contribution in [0.3, 0.4) is 0 Å². The van der Waals surface area contributed by atoms with Crippen LogP contribution in [-0.2, 0) is 27.7 Å². The molecular formula is C21H27FN2O3S. The van der Waals surface area contributed by atoms with E-state index in [1.54, 1.807) is 13.0 Å². The van der Waals surface area contributed by atoms with Gasteiger partial charge >= 0.3 is 0 Å². The van der Waals surface area contributed by atoms with Crippen molar-refractivity contribution in [2.24, 2.45) is 0 Å². The standard InChI is InChI=1S/C21H27FN2O3S/c1-5-15-11-10-12-16(6-2)20(15)23-21(25)18(7-3)24(28(4,26)27)19-14-9-8-13-17(19)22/h8-14,18H,5-7H2,1-4H3,(H,23,25)/t18-/m1/s1. The summed E-state index contributed by atoms with van der Waals surface area (Å²) in [5.74, 6) is -1.17. The van der Waals surface area contributed by atoms with Crippen molar-refractivity contribution in [3.63, 3.8) is 0 Å². The number of halogens is 1. The molecule has 0 aliphatic rings. The Kier molecular flexibility index (Phi) is 7.18. The highest BCUT2D eigenvalue weighted by atomic mass is 32.2. The van der Waals surface area contributed by atoms with Gasteiger partial charge < -0.3 is 5.32 Å². The van der Waals surface area contributed by atoms with E-state index in [9.17, 15) is 17.6 Å². The van der Waals surface area contributed by atoms with Crippen LogP contribution in [0.2, 0.25) is 0 Å². The molecule has 152 valence electrons. The maximum Gasteiger partial charge on any atom is 0.248 e. The molecule has 0 saturated carbocycles. The number of carbonyl (C=O) groups is 1. The van der Waals surface area contributed by atoms with Crippen LogP contribution in [0.1, 0.15) is 38.3 Å². The van der Waals surface area contributed by atoms with Crippen LogP contribution in [0, 0.1) is 5.82 Å². The minimum absolute atomic E-state index is 0.133. The Bertz CT molecular complexity index is 922. The number of para-hydroxylation sites is 2. The van der Waals surface area contributed by atoms with Gasteiger partial charge in [-0.25, -0.2) is 12.8 Å². The van der Waals surface area contributed by atoms with E-state index in [4.69, 9.17) is 0 Å². The molecule has 7 heteroatoms. The van der Waals surface area contributed by atoms with Crippen LogP contribution in [0.15, 0.2) is 42.5 Å². The summed E-state index contributed by atoms with van der Waals surface area (Å²) < 4.78 is 40.2. The summed E-state index contributed by atoms with van der Waals surface area (Å²) in [5.41, 5.74) is 2.52. The van der Waals surface area contributed by atoms with Gasteiger partial charge in [-0.1, -0.05) is 51.1 Å². The van der Waals surface area contributed by atoms with Crippen LogP contribution in [0.5, 0.6) is 0 Å². The summed E-state index contributed by atoms with van der Waals surface area (Å²) in [7, 11) is -3.89. The molecule has 0 radical (unpaired) electrons. The monoisotopic (exact) mass is 406 g/mol.